The predicted octanol–water partition coefficient (Wildman–Crippen LogP) is 3.22. The van der Waals surface area contributed by atoms with E-state index in [-0.39, 0.29) is 18.4 Å². The zero-order chi connectivity index (χ0) is 22.9. The number of benzene rings is 2. The Balaban J connectivity index is 1.76. The van der Waals surface area contributed by atoms with Gasteiger partial charge in [-0.1, -0.05) is 36.4 Å². The van der Waals surface area contributed by atoms with Gasteiger partial charge in [0.15, 0.2) is 0 Å². The van der Waals surface area contributed by atoms with Crippen molar-refractivity contribution in [2.75, 3.05) is 26.7 Å². The number of carbonyl (C=O) groups is 2. The Morgan fingerprint density at radius 2 is 1.78 bits per heavy atom. The number of hydrogen-bond acceptors (Lipinski definition) is 4. The molecule has 3 rings (SSSR count). The Bertz CT molecular complexity index is 1110. The molecule has 3 aromatic rings. The molecule has 0 aliphatic rings. The van der Waals surface area contributed by atoms with Gasteiger partial charge in [-0.3, -0.25) is 9.59 Å². The molecule has 1 N–H and O–H groups in total. The van der Waals surface area contributed by atoms with Crippen LogP contribution in [-0.2, 0) is 17.8 Å². The summed E-state index contributed by atoms with van der Waals surface area (Å²) >= 11 is 0. The summed E-state index contributed by atoms with van der Waals surface area (Å²) in [7, 11) is 1.54. The zero-order valence-corrected chi connectivity index (χ0v) is 18.3. The van der Waals surface area contributed by atoms with Crippen molar-refractivity contribution in [1.29, 1.82) is 0 Å². The van der Waals surface area contributed by atoms with E-state index in [0.717, 1.165) is 16.9 Å². The summed E-state index contributed by atoms with van der Waals surface area (Å²) < 4.78 is 7.17. The third kappa shape index (κ3) is 5.24. The molecule has 0 unspecified atom stereocenters. The highest BCUT2D eigenvalue weighted by Crippen LogP contribution is 2.18. The standard InChI is InChI=1S/C25H28N4O3/c1-4-16-28(17-5-2)24(30)18-29-21-12-8-7-11-20(21)27-23(29)14-15-26-25(31)19-10-6-9-13-22(19)32-3/h4-13H,1-2,14-18H2,3H3,(H,26,31). The van der Waals surface area contributed by atoms with Crippen LogP contribution >= 0.6 is 0 Å². The number of aromatic nitrogens is 2. The molecule has 2 amide bonds. The number of methoxy groups -OCH3 is 1. The smallest absolute Gasteiger partial charge is 0.255 e. The maximum Gasteiger partial charge on any atom is 0.255 e. The summed E-state index contributed by atoms with van der Waals surface area (Å²) in [6.45, 7) is 8.87. The second-order valence-electron chi connectivity index (χ2n) is 7.19. The number of amides is 2. The molecule has 166 valence electrons. The molecule has 0 aliphatic carbocycles. The minimum absolute atomic E-state index is 0.0488. The third-order valence-corrected chi connectivity index (χ3v) is 5.06. The van der Waals surface area contributed by atoms with E-state index in [1.165, 1.54) is 7.11 Å². The Morgan fingerprint density at radius 1 is 1.09 bits per heavy atom. The fourth-order valence-electron chi connectivity index (χ4n) is 3.53. The summed E-state index contributed by atoms with van der Waals surface area (Å²) in [6.07, 6.45) is 3.87. The number of fused-ring (bicyclic) bond motifs is 1. The van der Waals surface area contributed by atoms with Crippen LogP contribution in [0, 0.1) is 0 Å². The van der Waals surface area contributed by atoms with Gasteiger partial charge in [0.25, 0.3) is 5.91 Å². The first kappa shape index (κ1) is 22.8. The van der Waals surface area contributed by atoms with Crippen molar-refractivity contribution in [2.45, 2.75) is 13.0 Å². The summed E-state index contributed by atoms with van der Waals surface area (Å²) in [5.74, 6) is 0.987. The second kappa shape index (κ2) is 10.9. The molecule has 0 radical (unpaired) electrons. The molecule has 0 atom stereocenters. The first-order valence-corrected chi connectivity index (χ1v) is 10.4. The third-order valence-electron chi connectivity index (χ3n) is 5.06. The number of carbonyl (C=O) groups excluding carboxylic acids is 2. The Morgan fingerprint density at radius 3 is 2.50 bits per heavy atom. The molecule has 0 fully saturated rings. The average Bonchev–Trinajstić information content (AvgIpc) is 3.16. The average molecular weight is 433 g/mol. The van der Waals surface area contributed by atoms with Gasteiger partial charge < -0.3 is 19.5 Å². The molecule has 7 nitrogen and oxygen atoms in total. The van der Waals surface area contributed by atoms with E-state index >= 15 is 0 Å². The van der Waals surface area contributed by atoms with Gasteiger partial charge in [-0.05, 0) is 24.3 Å². The highest BCUT2D eigenvalue weighted by molar-refractivity contribution is 5.96. The number of hydrogen-bond donors (Lipinski definition) is 1. The number of para-hydroxylation sites is 3. The van der Waals surface area contributed by atoms with Crippen LogP contribution in [0.4, 0.5) is 0 Å². The van der Waals surface area contributed by atoms with Crippen LogP contribution in [0.3, 0.4) is 0 Å². The van der Waals surface area contributed by atoms with Crippen LogP contribution in [0.15, 0.2) is 73.8 Å². The monoisotopic (exact) mass is 432 g/mol. The van der Waals surface area contributed by atoms with Gasteiger partial charge in [0.05, 0.1) is 23.7 Å². The van der Waals surface area contributed by atoms with E-state index in [1.54, 1.807) is 35.3 Å². The molecule has 0 aliphatic heterocycles. The highest BCUT2D eigenvalue weighted by atomic mass is 16.5. The lowest BCUT2D eigenvalue weighted by molar-refractivity contribution is -0.130. The zero-order valence-electron chi connectivity index (χ0n) is 18.3. The fourth-order valence-corrected chi connectivity index (χ4v) is 3.53. The van der Waals surface area contributed by atoms with Crippen molar-refractivity contribution >= 4 is 22.8 Å². The van der Waals surface area contributed by atoms with E-state index in [0.29, 0.717) is 37.4 Å². The Kier molecular flexibility index (Phi) is 7.80. The number of rotatable bonds is 11. The number of nitrogens with zero attached hydrogens (tertiary/aromatic N) is 3. The SMILES string of the molecule is C=CCN(CC=C)C(=O)Cn1c(CCNC(=O)c2ccccc2OC)nc2ccccc21. The van der Waals surface area contributed by atoms with Crippen molar-refractivity contribution < 1.29 is 14.3 Å². The highest BCUT2D eigenvalue weighted by Gasteiger charge is 2.18. The largest absolute Gasteiger partial charge is 0.496 e. The van der Waals surface area contributed by atoms with Crippen LogP contribution in [0.2, 0.25) is 0 Å². The van der Waals surface area contributed by atoms with Crippen molar-refractivity contribution in [3.63, 3.8) is 0 Å². The molecule has 0 spiro atoms. The first-order chi connectivity index (χ1) is 15.6. The van der Waals surface area contributed by atoms with Gasteiger partial charge in [-0.2, -0.15) is 0 Å². The molecule has 1 heterocycles. The quantitative estimate of drug-likeness (QED) is 0.472. The van der Waals surface area contributed by atoms with E-state index < -0.39 is 0 Å². The molecule has 1 aromatic heterocycles. The van der Waals surface area contributed by atoms with Gasteiger partial charge in [0.1, 0.15) is 18.1 Å². The number of ether oxygens (including phenoxy) is 1. The lowest BCUT2D eigenvalue weighted by Crippen LogP contribution is -2.34. The summed E-state index contributed by atoms with van der Waals surface area (Å²) in [6, 6.07) is 14.8. The van der Waals surface area contributed by atoms with E-state index in [9.17, 15) is 9.59 Å². The summed E-state index contributed by atoms with van der Waals surface area (Å²) in [5, 5.41) is 2.92. The van der Waals surface area contributed by atoms with Crippen LogP contribution < -0.4 is 10.1 Å². The summed E-state index contributed by atoms with van der Waals surface area (Å²) in [4.78, 5) is 31.9. The first-order valence-electron chi connectivity index (χ1n) is 10.4. The normalized spacial score (nSPS) is 10.5. The van der Waals surface area contributed by atoms with Crippen LogP contribution in [-0.4, -0.2) is 53.0 Å². The molecule has 0 bridgehead atoms. The van der Waals surface area contributed by atoms with E-state index in [1.807, 2.05) is 34.9 Å². The van der Waals surface area contributed by atoms with Gasteiger partial charge >= 0.3 is 0 Å². The molecular weight excluding hydrogens is 404 g/mol. The predicted molar refractivity (Wildman–Crippen MR) is 126 cm³/mol. The Labute approximate surface area is 188 Å². The number of imidazole rings is 1. The van der Waals surface area contributed by atoms with Crippen molar-refractivity contribution in [2.24, 2.45) is 0 Å². The van der Waals surface area contributed by atoms with Gasteiger partial charge in [0, 0.05) is 26.1 Å². The van der Waals surface area contributed by atoms with Gasteiger partial charge in [0.2, 0.25) is 5.91 Å². The topological polar surface area (TPSA) is 76.5 Å². The van der Waals surface area contributed by atoms with Gasteiger partial charge in [-0.25, -0.2) is 4.98 Å². The minimum Gasteiger partial charge on any atom is -0.496 e. The van der Waals surface area contributed by atoms with Gasteiger partial charge in [-0.15, -0.1) is 13.2 Å². The molecular formula is C25H28N4O3. The molecule has 2 aromatic carbocycles. The maximum absolute atomic E-state index is 12.9. The van der Waals surface area contributed by atoms with Crippen LogP contribution in [0.5, 0.6) is 5.75 Å². The maximum atomic E-state index is 12.9. The second-order valence-corrected chi connectivity index (χ2v) is 7.19. The Hall–Kier alpha value is -3.87. The molecule has 0 saturated carbocycles. The van der Waals surface area contributed by atoms with Crippen LogP contribution in [0.25, 0.3) is 11.0 Å². The summed E-state index contributed by atoms with van der Waals surface area (Å²) in [5.41, 5.74) is 2.16. The van der Waals surface area contributed by atoms with E-state index in [4.69, 9.17) is 9.72 Å². The van der Waals surface area contributed by atoms with Crippen molar-refractivity contribution in [1.82, 2.24) is 19.8 Å². The molecule has 0 saturated heterocycles. The van der Waals surface area contributed by atoms with Crippen molar-refractivity contribution in [3.05, 3.63) is 85.2 Å². The van der Waals surface area contributed by atoms with Crippen LogP contribution in [0.1, 0.15) is 16.2 Å². The fraction of sp³-hybridized carbons (Fsp3) is 0.240. The lowest BCUT2D eigenvalue weighted by Gasteiger charge is -2.20. The van der Waals surface area contributed by atoms with Crippen molar-refractivity contribution in [3.8, 4) is 5.75 Å². The van der Waals surface area contributed by atoms with E-state index in [2.05, 4.69) is 18.5 Å². The molecule has 32 heavy (non-hydrogen) atoms. The lowest BCUT2D eigenvalue weighted by atomic mass is 10.2. The molecule has 7 heteroatoms. The number of nitrogens with one attached hydrogen (secondary N) is 1. The minimum atomic E-state index is -0.218.